The van der Waals surface area contributed by atoms with Crippen molar-refractivity contribution in [3.05, 3.63) is 78.0 Å². The number of rotatable bonds is 5. The van der Waals surface area contributed by atoms with Crippen molar-refractivity contribution >= 4 is 12.4 Å². The maximum atomic E-state index is 6.15. The molecule has 0 saturated carbocycles. The van der Waals surface area contributed by atoms with Gasteiger partial charge in [-0.1, -0.05) is 60.7 Å². The first kappa shape index (κ1) is 13.1. The molecule has 2 aromatic carbocycles. The van der Waals surface area contributed by atoms with E-state index < -0.39 is 0 Å². The third-order valence-corrected chi connectivity index (χ3v) is 2.79. The first-order valence-electron chi connectivity index (χ1n) is 6.09. The Kier molecular flexibility index (Phi) is 4.48. The monoisotopic (exact) mass is 251 g/mol. The van der Waals surface area contributed by atoms with Crippen molar-refractivity contribution in [3.63, 3.8) is 0 Å². The van der Waals surface area contributed by atoms with E-state index in [9.17, 15) is 0 Å². The van der Waals surface area contributed by atoms with Crippen LogP contribution in [0.25, 0.3) is 5.70 Å². The van der Waals surface area contributed by atoms with E-state index >= 15 is 0 Å². The summed E-state index contributed by atoms with van der Waals surface area (Å²) >= 11 is 0. The van der Waals surface area contributed by atoms with Crippen LogP contribution in [0.2, 0.25) is 0 Å². The Morgan fingerprint density at radius 2 is 1.63 bits per heavy atom. The third kappa shape index (κ3) is 3.53. The summed E-state index contributed by atoms with van der Waals surface area (Å²) in [5, 5.41) is 1.68. The van der Waals surface area contributed by atoms with Crippen molar-refractivity contribution in [1.82, 2.24) is 5.01 Å². The maximum absolute atomic E-state index is 6.15. The summed E-state index contributed by atoms with van der Waals surface area (Å²) in [4.78, 5) is 3.84. The standard InChI is InChI=1S/C16H17N3/c1-18-12-16(15-10-6-3-7-11-15)19(17)13-14-8-4-2-5-9-14/h2-12H,1,13,17H2/b16-12-. The van der Waals surface area contributed by atoms with Crippen molar-refractivity contribution in [2.75, 3.05) is 0 Å². The molecular formula is C16H17N3. The van der Waals surface area contributed by atoms with Gasteiger partial charge in [0.25, 0.3) is 0 Å². The van der Waals surface area contributed by atoms with Gasteiger partial charge in [0, 0.05) is 5.56 Å². The minimum atomic E-state index is 0.622. The highest BCUT2D eigenvalue weighted by Crippen LogP contribution is 2.18. The molecule has 0 aromatic heterocycles. The second-order valence-electron chi connectivity index (χ2n) is 4.18. The first-order chi connectivity index (χ1) is 9.31. The minimum absolute atomic E-state index is 0.622. The SMILES string of the molecule is C=N/C=C(/c1ccccc1)N(N)Cc1ccccc1. The molecule has 0 aliphatic rings. The molecule has 2 aromatic rings. The van der Waals surface area contributed by atoms with Crippen LogP contribution in [0.1, 0.15) is 11.1 Å². The molecular weight excluding hydrogens is 234 g/mol. The van der Waals surface area contributed by atoms with Crippen LogP contribution in [0, 0.1) is 0 Å². The number of aliphatic imine (C=N–C) groups is 1. The number of nitrogens with two attached hydrogens (primary N) is 1. The van der Waals surface area contributed by atoms with Crippen molar-refractivity contribution in [1.29, 1.82) is 0 Å². The molecule has 0 saturated heterocycles. The molecule has 0 radical (unpaired) electrons. The van der Waals surface area contributed by atoms with Gasteiger partial charge >= 0.3 is 0 Å². The molecule has 19 heavy (non-hydrogen) atoms. The molecule has 3 nitrogen and oxygen atoms in total. The van der Waals surface area contributed by atoms with E-state index in [0.717, 1.165) is 16.8 Å². The van der Waals surface area contributed by atoms with E-state index in [1.807, 2.05) is 60.7 Å². The van der Waals surface area contributed by atoms with Gasteiger partial charge in [-0.2, -0.15) is 0 Å². The highest BCUT2D eigenvalue weighted by molar-refractivity contribution is 5.64. The number of hydrogen-bond donors (Lipinski definition) is 1. The largest absolute Gasteiger partial charge is 0.304 e. The summed E-state index contributed by atoms with van der Waals surface area (Å²) in [5.74, 6) is 6.15. The molecule has 0 aliphatic heterocycles. The lowest BCUT2D eigenvalue weighted by molar-refractivity contribution is 0.409. The van der Waals surface area contributed by atoms with Crippen LogP contribution < -0.4 is 5.84 Å². The first-order valence-corrected chi connectivity index (χ1v) is 6.09. The van der Waals surface area contributed by atoms with Gasteiger partial charge < -0.3 is 5.01 Å². The smallest absolute Gasteiger partial charge is 0.0775 e. The van der Waals surface area contributed by atoms with E-state index in [1.54, 1.807) is 11.2 Å². The fourth-order valence-corrected chi connectivity index (χ4v) is 1.88. The average Bonchev–Trinajstić information content (AvgIpc) is 2.46. The van der Waals surface area contributed by atoms with Crippen molar-refractivity contribution in [2.24, 2.45) is 10.8 Å². The fraction of sp³-hybridized carbons (Fsp3) is 0.0625. The van der Waals surface area contributed by atoms with Gasteiger partial charge in [0.05, 0.1) is 18.4 Å². The van der Waals surface area contributed by atoms with Crippen LogP contribution in [-0.2, 0) is 6.54 Å². The Labute approximate surface area is 113 Å². The lowest BCUT2D eigenvalue weighted by atomic mass is 10.1. The summed E-state index contributed by atoms with van der Waals surface area (Å²) < 4.78 is 0. The molecule has 96 valence electrons. The third-order valence-electron chi connectivity index (χ3n) is 2.79. The van der Waals surface area contributed by atoms with Gasteiger partial charge in [0.1, 0.15) is 0 Å². The van der Waals surface area contributed by atoms with E-state index in [2.05, 4.69) is 11.7 Å². The van der Waals surface area contributed by atoms with Crippen molar-refractivity contribution in [3.8, 4) is 0 Å². The van der Waals surface area contributed by atoms with Crippen molar-refractivity contribution < 1.29 is 0 Å². The molecule has 0 amide bonds. The zero-order valence-electron chi connectivity index (χ0n) is 10.7. The Morgan fingerprint density at radius 3 is 2.21 bits per heavy atom. The molecule has 0 aliphatic carbocycles. The van der Waals surface area contributed by atoms with E-state index in [0.29, 0.717) is 6.54 Å². The van der Waals surface area contributed by atoms with E-state index in [-0.39, 0.29) is 0 Å². The summed E-state index contributed by atoms with van der Waals surface area (Å²) in [6, 6.07) is 20.0. The molecule has 0 spiro atoms. The highest BCUT2D eigenvalue weighted by Gasteiger charge is 2.08. The highest BCUT2D eigenvalue weighted by atomic mass is 15.4. The average molecular weight is 251 g/mol. The Bertz CT molecular complexity index is 547. The molecule has 0 atom stereocenters. The van der Waals surface area contributed by atoms with Gasteiger partial charge in [0.2, 0.25) is 0 Å². The van der Waals surface area contributed by atoms with Gasteiger partial charge in [-0.05, 0) is 12.3 Å². The lowest BCUT2D eigenvalue weighted by Gasteiger charge is -2.21. The van der Waals surface area contributed by atoms with Gasteiger partial charge in [-0.15, -0.1) is 0 Å². The Balaban J connectivity index is 2.21. The second-order valence-corrected chi connectivity index (χ2v) is 4.18. The van der Waals surface area contributed by atoms with Crippen LogP contribution in [0.15, 0.2) is 71.9 Å². The lowest BCUT2D eigenvalue weighted by Crippen LogP contribution is -2.28. The Morgan fingerprint density at radius 1 is 1.05 bits per heavy atom. The summed E-state index contributed by atoms with van der Waals surface area (Å²) in [5.41, 5.74) is 3.02. The molecule has 0 heterocycles. The number of nitrogens with zero attached hydrogens (tertiary/aromatic N) is 2. The molecule has 2 N–H and O–H groups in total. The molecule has 0 fully saturated rings. The van der Waals surface area contributed by atoms with Gasteiger partial charge in [-0.3, -0.25) is 4.99 Å². The van der Waals surface area contributed by atoms with Crippen LogP contribution in [-0.4, -0.2) is 11.7 Å². The molecule has 3 heteroatoms. The topological polar surface area (TPSA) is 41.6 Å². The molecule has 0 bridgehead atoms. The summed E-state index contributed by atoms with van der Waals surface area (Å²) in [7, 11) is 0. The Hall–Kier alpha value is -2.39. The predicted molar refractivity (Wildman–Crippen MR) is 80.1 cm³/mol. The zero-order chi connectivity index (χ0) is 13.5. The quantitative estimate of drug-likeness (QED) is 0.504. The molecule has 0 unspecified atom stereocenters. The van der Waals surface area contributed by atoms with Crippen LogP contribution in [0.3, 0.4) is 0 Å². The predicted octanol–water partition coefficient (Wildman–Crippen LogP) is 3.06. The summed E-state index contributed by atoms with van der Waals surface area (Å²) in [6.07, 6.45) is 1.68. The number of hydrazine groups is 1. The minimum Gasteiger partial charge on any atom is -0.304 e. The van der Waals surface area contributed by atoms with Gasteiger partial charge in [0.15, 0.2) is 0 Å². The maximum Gasteiger partial charge on any atom is 0.0775 e. The zero-order valence-corrected chi connectivity index (χ0v) is 10.7. The van der Waals surface area contributed by atoms with E-state index in [4.69, 9.17) is 5.84 Å². The summed E-state index contributed by atoms with van der Waals surface area (Å²) in [6.45, 7) is 4.13. The van der Waals surface area contributed by atoms with E-state index in [1.165, 1.54) is 0 Å². The second kappa shape index (κ2) is 6.52. The van der Waals surface area contributed by atoms with Crippen LogP contribution in [0.4, 0.5) is 0 Å². The number of benzene rings is 2. The van der Waals surface area contributed by atoms with Crippen molar-refractivity contribution in [2.45, 2.75) is 6.54 Å². The van der Waals surface area contributed by atoms with Gasteiger partial charge in [-0.25, -0.2) is 5.84 Å². The molecule has 2 rings (SSSR count). The number of hydrogen-bond acceptors (Lipinski definition) is 3. The normalized spacial score (nSPS) is 11.1. The van der Waals surface area contributed by atoms with Crippen LogP contribution >= 0.6 is 0 Å². The fourth-order valence-electron chi connectivity index (χ4n) is 1.88. The van der Waals surface area contributed by atoms with Crippen LogP contribution in [0.5, 0.6) is 0 Å².